The first-order chi connectivity index (χ1) is 60.2. The second-order valence-electron chi connectivity index (χ2n) is 31.7. The second kappa shape index (κ2) is 34.0. The molecule has 0 atom stereocenters. The van der Waals surface area contributed by atoms with Crippen molar-refractivity contribution < 1.29 is 9.59 Å². The lowest BCUT2D eigenvalue weighted by atomic mass is 9.92. The number of piperidine rings is 1. The molecule has 0 aromatic carbocycles. The second-order valence-corrected chi connectivity index (χ2v) is 31.7. The van der Waals surface area contributed by atoms with Gasteiger partial charge in [0.25, 0.3) is 0 Å². The monoisotopic (exact) mass is 1630 g/mol. The zero-order chi connectivity index (χ0) is 83.3. The third-order valence-corrected chi connectivity index (χ3v) is 21.3. The van der Waals surface area contributed by atoms with Crippen LogP contribution in [0.3, 0.4) is 0 Å². The molecule has 610 valence electrons. The minimum absolute atomic E-state index is 0.0264. The number of imidazole rings is 4. The lowest BCUT2D eigenvalue weighted by Gasteiger charge is -2.26. The van der Waals surface area contributed by atoms with Crippen molar-refractivity contribution in [1.82, 2.24) is 150 Å². The van der Waals surface area contributed by atoms with Crippen LogP contribution < -0.4 is 10.6 Å². The minimum Gasteiger partial charge on any atom is -0.335 e. The van der Waals surface area contributed by atoms with Crippen molar-refractivity contribution in [3.8, 4) is 90.6 Å². The smallest absolute Gasteiger partial charge is 0.224 e. The van der Waals surface area contributed by atoms with Crippen molar-refractivity contribution in [2.75, 3.05) is 36.8 Å². The highest BCUT2D eigenvalue weighted by atomic mass is 16.2. The molecule has 2 fully saturated rings. The predicted octanol–water partition coefficient (Wildman–Crippen LogP) is 15.5. The summed E-state index contributed by atoms with van der Waals surface area (Å²) in [5, 5.41) is 38.8. The zero-order valence-electron chi connectivity index (χ0n) is 67.5. The van der Waals surface area contributed by atoms with E-state index in [-0.39, 0.29) is 17.2 Å². The van der Waals surface area contributed by atoms with Crippen molar-refractivity contribution in [3.05, 3.63) is 208 Å². The fraction of sp³-hybridized carbons (Fsp3) is 0.213. The van der Waals surface area contributed by atoms with E-state index in [1.807, 2.05) is 113 Å². The summed E-state index contributed by atoms with van der Waals surface area (Å²) in [6.45, 7) is 14.6. The Morgan fingerprint density at radius 2 is 0.667 bits per heavy atom. The molecule has 20 aromatic rings. The molecule has 34 nitrogen and oxygen atoms in total. The van der Waals surface area contributed by atoms with Crippen LogP contribution in [-0.4, -0.2) is 188 Å². The number of aromatic amines is 8. The van der Waals surface area contributed by atoms with Gasteiger partial charge in [0.2, 0.25) is 11.8 Å². The van der Waals surface area contributed by atoms with Crippen LogP contribution in [0.5, 0.6) is 0 Å². The number of carbonyl (C=O) groups is 2. The van der Waals surface area contributed by atoms with Crippen molar-refractivity contribution in [2.45, 2.75) is 92.2 Å². The minimum atomic E-state index is -0.0888. The summed E-state index contributed by atoms with van der Waals surface area (Å²) in [5.74, 6) is 2.71. The number of anilines is 2. The van der Waals surface area contributed by atoms with Crippen LogP contribution >= 0.6 is 0 Å². The molecule has 34 heteroatoms. The Balaban J connectivity index is 0.000000108. The molecule has 123 heavy (non-hydrogen) atoms. The van der Waals surface area contributed by atoms with Gasteiger partial charge in [-0.3, -0.25) is 79.7 Å². The molecule has 20 aromatic heterocycles. The number of hydrogen-bond donors (Lipinski definition) is 10. The van der Waals surface area contributed by atoms with Crippen molar-refractivity contribution in [2.24, 2.45) is 5.41 Å². The number of rotatable bonds is 17. The van der Waals surface area contributed by atoms with E-state index < -0.39 is 0 Å². The number of hydrogen-bond acceptors (Lipinski definition) is 24. The molecule has 0 saturated carbocycles. The summed E-state index contributed by atoms with van der Waals surface area (Å²) < 4.78 is 0. The van der Waals surface area contributed by atoms with Gasteiger partial charge in [0.05, 0.1) is 114 Å². The molecule has 22 rings (SSSR count). The van der Waals surface area contributed by atoms with Gasteiger partial charge in [0.15, 0.2) is 45.9 Å². The molecule has 0 radical (unpaired) electrons. The Morgan fingerprint density at radius 1 is 0.358 bits per heavy atom. The van der Waals surface area contributed by atoms with E-state index >= 15 is 0 Å². The summed E-state index contributed by atoms with van der Waals surface area (Å²) in [6.07, 6.45) is 43.7. The van der Waals surface area contributed by atoms with Crippen molar-refractivity contribution in [3.63, 3.8) is 0 Å². The number of nitrogens with one attached hydrogen (secondary N) is 10. The lowest BCUT2D eigenvalue weighted by Crippen LogP contribution is -2.29. The van der Waals surface area contributed by atoms with Gasteiger partial charge in [-0.25, -0.2) is 39.9 Å². The van der Waals surface area contributed by atoms with Gasteiger partial charge in [0.1, 0.15) is 22.8 Å². The van der Waals surface area contributed by atoms with E-state index in [1.165, 1.54) is 69.4 Å². The molecule has 2 aliphatic rings. The third-order valence-electron chi connectivity index (χ3n) is 21.3. The SMILES string of the molecule is CC(C)(C)CC(=O)Nc1cncc(-c2cnc3n[nH]c(-c4nc5ccncc5[nH]4)c3c2)c1.CCCC(=O)Nc1cncc(-c2cnc3n[nH]c(-c4nc5ccncc5[nH]4)c3c2)c1.c1cc2nc(-c3[nH]nc4ncc(-c5cncc(CN6CCCC6)c5)cc34)[nH]c2cn1.c1cc2nc(-c3[nH]nc4ncc(-c5cncc(CN6CCCCC6)c5)cc34)[nH]c2cn1. The van der Waals surface area contributed by atoms with E-state index in [1.54, 1.807) is 86.8 Å². The average molecular weight is 1630 g/mol. The topological polar surface area (TPSA) is 449 Å². The van der Waals surface area contributed by atoms with Gasteiger partial charge >= 0.3 is 0 Å². The Hall–Kier alpha value is -15.6. The normalized spacial score (nSPS) is 13.2. The Labute approximate surface area is 700 Å². The van der Waals surface area contributed by atoms with Gasteiger partial charge < -0.3 is 30.6 Å². The van der Waals surface area contributed by atoms with E-state index in [0.29, 0.717) is 58.5 Å². The summed E-state index contributed by atoms with van der Waals surface area (Å²) >= 11 is 0. The quantitative estimate of drug-likeness (QED) is 0.0405. The van der Waals surface area contributed by atoms with E-state index in [2.05, 4.69) is 185 Å². The molecular weight excluding hydrogens is 1550 g/mol. The number of likely N-dealkylation sites (tertiary alicyclic amines) is 2. The standard InChI is InChI=1S/C23H22N8O.C23H22N8.C22H20N8.C21H18N8O/c1-23(2,3)8-19(32)27-15-6-13(9-25-11-15)14-7-16-20(30-31-21(16)26-10-14)22-28-17-4-5-24-12-18(17)29-22;1-2-6-31(7-3-1)14-15-8-16(11-25-10-15)17-9-18-21(29-30-22(18)26-12-17)23-27-19-4-5-24-13-20(19)28-23;1-2-6-30(5-1)13-14-7-15(10-24-9-14)16-8-17-20(28-29-21(17)25-11-16)22-26-18-3-4-23-12-19(18)27-22;1-2-3-18(30)25-14-6-12(8-23-10-14)13-7-15-19(28-29-20(15)24-9-13)21-26-16-4-5-22-11-17(16)27-21/h4-7,9-12H,8H2,1-3H3,(H,27,32)(H,28,29)(H,26,30,31);4-5,8-13H,1-3,6-7,14H2,(H,27,28)(H,26,29,30);3-4,7-12H,1-2,5-6,13H2,(H,26,27)(H,25,28,29);4-11H,2-3H2,1H3,(H,25,30)(H,26,27)(H,24,28,29). The Bertz CT molecular complexity index is 7100. The van der Waals surface area contributed by atoms with Crippen molar-refractivity contribution >= 4 is 111 Å². The highest BCUT2D eigenvalue weighted by Gasteiger charge is 2.23. The van der Waals surface area contributed by atoms with Crippen LogP contribution in [0, 0.1) is 5.41 Å². The number of aromatic nitrogens is 28. The van der Waals surface area contributed by atoms with Crippen LogP contribution in [-0.2, 0) is 22.7 Å². The molecule has 2 amide bonds. The first-order valence-electron chi connectivity index (χ1n) is 40.6. The number of pyridine rings is 12. The molecule has 10 N–H and O–H groups in total. The fourth-order valence-corrected chi connectivity index (χ4v) is 15.4. The Kier molecular flexibility index (Phi) is 21.4. The summed E-state index contributed by atoms with van der Waals surface area (Å²) in [5.41, 5.74) is 23.7. The van der Waals surface area contributed by atoms with Gasteiger partial charge in [-0.05, 0) is 148 Å². The van der Waals surface area contributed by atoms with Gasteiger partial charge in [0, 0.05) is 157 Å². The van der Waals surface area contributed by atoms with Crippen LogP contribution in [0.2, 0.25) is 0 Å². The largest absolute Gasteiger partial charge is 0.335 e. The zero-order valence-corrected chi connectivity index (χ0v) is 67.5. The van der Waals surface area contributed by atoms with E-state index in [9.17, 15) is 9.59 Å². The Morgan fingerprint density at radius 3 is 0.992 bits per heavy atom. The van der Waals surface area contributed by atoms with Crippen LogP contribution in [0.25, 0.3) is 179 Å². The molecular formula is C89H82N32O2. The highest BCUT2D eigenvalue weighted by molar-refractivity contribution is 5.99. The number of fused-ring (bicyclic) bond motifs is 8. The fourth-order valence-electron chi connectivity index (χ4n) is 15.4. The van der Waals surface area contributed by atoms with E-state index in [4.69, 9.17) is 0 Å². The summed E-state index contributed by atoms with van der Waals surface area (Å²) in [6, 6.07) is 23.9. The molecule has 0 aliphatic carbocycles. The first kappa shape index (κ1) is 77.3. The van der Waals surface area contributed by atoms with Crippen molar-refractivity contribution in [1.29, 1.82) is 0 Å². The molecule has 22 heterocycles. The summed E-state index contributed by atoms with van der Waals surface area (Å²) in [4.78, 5) is 113. The summed E-state index contributed by atoms with van der Waals surface area (Å²) in [7, 11) is 0. The number of amides is 2. The number of H-pyrrole nitrogens is 8. The maximum atomic E-state index is 12.3. The van der Waals surface area contributed by atoms with Gasteiger partial charge in [-0.2, -0.15) is 20.4 Å². The maximum Gasteiger partial charge on any atom is 0.224 e. The molecule has 2 saturated heterocycles. The first-order valence-corrected chi connectivity index (χ1v) is 40.6. The lowest BCUT2D eigenvalue weighted by molar-refractivity contribution is -0.118. The molecule has 2 aliphatic heterocycles. The van der Waals surface area contributed by atoms with Gasteiger partial charge in [-0.15, -0.1) is 0 Å². The highest BCUT2D eigenvalue weighted by Crippen LogP contribution is 2.36. The molecule has 0 spiro atoms. The third kappa shape index (κ3) is 17.2. The number of nitrogens with zero attached hydrogens (tertiary/aromatic N) is 22. The molecule has 0 bridgehead atoms. The molecule has 0 unspecified atom stereocenters. The maximum absolute atomic E-state index is 12.3. The van der Waals surface area contributed by atoms with Crippen LogP contribution in [0.4, 0.5) is 11.4 Å². The number of carbonyl (C=O) groups excluding carboxylic acids is 2. The van der Waals surface area contributed by atoms with Gasteiger partial charge in [-0.1, -0.05) is 34.1 Å². The predicted molar refractivity (Wildman–Crippen MR) is 470 cm³/mol. The van der Waals surface area contributed by atoms with E-state index in [0.717, 1.165) is 164 Å². The average Bonchev–Trinajstić information content (AvgIpc) is 1.65. The van der Waals surface area contributed by atoms with Crippen LogP contribution in [0.15, 0.2) is 197 Å². The van der Waals surface area contributed by atoms with Crippen LogP contribution in [0.1, 0.15) is 90.2 Å².